The number of carbonyl (C=O) groups excluding carboxylic acids is 1. The summed E-state index contributed by atoms with van der Waals surface area (Å²) in [6, 6.07) is 3.78. The normalized spacial score (nSPS) is 10.1. The Bertz CT molecular complexity index is 270. The lowest BCUT2D eigenvalue weighted by Crippen LogP contribution is -2.27. The van der Waals surface area contributed by atoms with Gasteiger partial charge < -0.3 is 5.32 Å². The zero-order valence-corrected chi connectivity index (χ0v) is 7.95. The summed E-state index contributed by atoms with van der Waals surface area (Å²) in [5.74, 6) is 0.124. The van der Waals surface area contributed by atoms with Crippen molar-refractivity contribution >= 4 is 5.91 Å². The smallest absolute Gasteiger partial charge is 0.222 e. The minimum Gasteiger partial charge on any atom is -0.352 e. The quantitative estimate of drug-likeness (QED) is 0.759. The topological polar surface area (TPSA) is 42.0 Å². The van der Waals surface area contributed by atoms with Crippen molar-refractivity contribution in [3.8, 4) is 0 Å². The lowest BCUT2D eigenvalue weighted by atomic mass is 10.2. The van der Waals surface area contributed by atoms with Crippen molar-refractivity contribution in [3.05, 3.63) is 30.1 Å². The number of hydrogen-bond donors (Lipinski definition) is 1. The maximum atomic E-state index is 11.2. The van der Waals surface area contributed by atoms with Crippen molar-refractivity contribution < 1.29 is 4.79 Å². The van der Waals surface area contributed by atoms with Crippen LogP contribution in [0.1, 0.15) is 19.4 Å². The summed E-state index contributed by atoms with van der Waals surface area (Å²) in [6.07, 6.45) is 3.44. The highest BCUT2D eigenvalue weighted by Gasteiger charge is 2.04. The molecule has 0 saturated heterocycles. The van der Waals surface area contributed by atoms with Gasteiger partial charge in [-0.15, -0.1) is 0 Å². The van der Waals surface area contributed by atoms with Gasteiger partial charge in [0.05, 0.1) is 0 Å². The molecule has 1 aromatic heterocycles. The van der Waals surface area contributed by atoms with E-state index in [4.69, 9.17) is 0 Å². The highest BCUT2D eigenvalue weighted by Crippen LogP contribution is 1.97. The van der Waals surface area contributed by atoms with Crippen LogP contribution in [0.3, 0.4) is 0 Å². The molecule has 0 fully saturated rings. The minimum absolute atomic E-state index is 0.0434. The van der Waals surface area contributed by atoms with E-state index in [0.29, 0.717) is 6.54 Å². The maximum Gasteiger partial charge on any atom is 0.222 e. The molecule has 0 unspecified atom stereocenters. The second-order valence-corrected chi connectivity index (χ2v) is 3.23. The van der Waals surface area contributed by atoms with E-state index < -0.39 is 0 Å². The number of hydrogen-bond acceptors (Lipinski definition) is 2. The Morgan fingerprint density at radius 3 is 2.62 bits per heavy atom. The van der Waals surface area contributed by atoms with Gasteiger partial charge >= 0.3 is 0 Å². The minimum atomic E-state index is 0.0434. The summed E-state index contributed by atoms with van der Waals surface area (Å²) in [5.41, 5.74) is 1.07. The third-order valence-electron chi connectivity index (χ3n) is 1.74. The summed E-state index contributed by atoms with van der Waals surface area (Å²) in [5, 5.41) is 2.83. The van der Waals surface area contributed by atoms with Crippen LogP contribution in [0.2, 0.25) is 0 Å². The van der Waals surface area contributed by atoms with E-state index in [1.807, 2.05) is 26.0 Å². The molecule has 3 nitrogen and oxygen atoms in total. The Hall–Kier alpha value is -1.38. The van der Waals surface area contributed by atoms with Crippen LogP contribution in [-0.2, 0) is 11.3 Å². The van der Waals surface area contributed by atoms with Gasteiger partial charge in [0.2, 0.25) is 5.91 Å². The van der Waals surface area contributed by atoms with Crippen LogP contribution in [0.25, 0.3) is 0 Å². The molecule has 0 spiro atoms. The predicted octanol–water partition coefficient (Wildman–Crippen LogP) is 1.35. The fourth-order valence-electron chi connectivity index (χ4n) is 0.894. The zero-order valence-electron chi connectivity index (χ0n) is 7.95. The molecule has 0 aliphatic rings. The molecular weight excluding hydrogens is 164 g/mol. The van der Waals surface area contributed by atoms with Crippen molar-refractivity contribution in [3.63, 3.8) is 0 Å². The van der Waals surface area contributed by atoms with Gasteiger partial charge in [-0.25, -0.2) is 0 Å². The molecule has 70 valence electrons. The van der Waals surface area contributed by atoms with E-state index >= 15 is 0 Å². The summed E-state index contributed by atoms with van der Waals surface area (Å²) >= 11 is 0. The number of carbonyl (C=O) groups is 1. The van der Waals surface area contributed by atoms with E-state index in [-0.39, 0.29) is 11.8 Å². The van der Waals surface area contributed by atoms with E-state index in [0.717, 1.165) is 5.56 Å². The van der Waals surface area contributed by atoms with Gasteiger partial charge in [-0.3, -0.25) is 9.78 Å². The van der Waals surface area contributed by atoms with Gasteiger partial charge in [0.1, 0.15) is 0 Å². The standard InChI is InChI=1S/C10H14N2O/c1-8(2)10(13)12-7-9-3-5-11-6-4-9/h3-6,8H,7H2,1-2H3,(H,12,13). The van der Waals surface area contributed by atoms with Crippen LogP contribution in [-0.4, -0.2) is 10.9 Å². The van der Waals surface area contributed by atoms with Gasteiger partial charge in [-0.1, -0.05) is 13.8 Å². The van der Waals surface area contributed by atoms with Crippen molar-refractivity contribution in [2.24, 2.45) is 5.92 Å². The highest BCUT2D eigenvalue weighted by molar-refractivity contribution is 5.77. The molecule has 0 aliphatic heterocycles. The first kappa shape index (κ1) is 9.71. The Morgan fingerprint density at radius 1 is 1.46 bits per heavy atom. The van der Waals surface area contributed by atoms with Gasteiger partial charge in [-0.2, -0.15) is 0 Å². The first-order valence-electron chi connectivity index (χ1n) is 4.37. The van der Waals surface area contributed by atoms with E-state index in [1.165, 1.54) is 0 Å². The van der Waals surface area contributed by atoms with Gasteiger partial charge in [-0.05, 0) is 17.7 Å². The van der Waals surface area contributed by atoms with Crippen LogP contribution in [0.5, 0.6) is 0 Å². The number of pyridine rings is 1. The Morgan fingerprint density at radius 2 is 2.08 bits per heavy atom. The number of amides is 1. The Balaban J connectivity index is 2.40. The van der Waals surface area contributed by atoms with Gasteiger partial charge in [0.15, 0.2) is 0 Å². The molecule has 0 radical (unpaired) electrons. The summed E-state index contributed by atoms with van der Waals surface area (Å²) in [7, 11) is 0. The summed E-state index contributed by atoms with van der Waals surface area (Å²) in [4.78, 5) is 15.1. The molecule has 1 rings (SSSR count). The number of aromatic nitrogens is 1. The number of rotatable bonds is 3. The zero-order chi connectivity index (χ0) is 9.68. The average molecular weight is 178 g/mol. The van der Waals surface area contributed by atoms with E-state index in [9.17, 15) is 4.79 Å². The first-order valence-corrected chi connectivity index (χ1v) is 4.37. The van der Waals surface area contributed by atoms with E-state index in [2.05, 4.69) is 10.3 Å². The highest BCUT2D eigenvalue weighted by atomic mass is 16.1. The lowest BCUT2D eigenvalue weighted by molar-refractivity contribution is -0.124. The maximum absolute atomic E-state index is 11.2. The molecule has 1 N–H and O–H groups in total. The second-order valence-electron chi connectivity index (χ2n) is 3.23. The van der Waals surface area contributed by atoms with Crippen molar-refractivity contribution in [1.82, 2.24) is 10.3 Å². The predicted molar refractivity (Wildman–Crippen MR) is 50.9 cm³/mol. The lowest BCUT2D eigenvalue weighted by Gasteiger charge is -2.06. The molecule has 0 bridgehead atoms. The Kier molecular flexibility index (Phi) is 3.43. The molecule has 13 heavy (non-hydrogen) atoms. The SMILES string of the molecule is CC(C)C(=O)NCc1ccncc1. The van der Waals surface area contributed by atoms with Gasteiger partial charge in [0, 0.05) is 24.9 Å². The van der Waals surface area contributed by atoms with Crippen LogP contribution in [0.15, 0.2) is 24.5 Å². The van der Waals surface area contributed by atoms with E-state index in [1.54, 1.807) is 12.4 Å². The monoisotopic (exact) mass is 178 g/mol. The van der Waals surface area contributed by atoms with Crippen LogP contribution in [0.4, 0.5) is 0 Å². The molecule has 1 aromatic rings. The van der Waals surface area contributed by atoms with Crippen molar-refractivity contribution in [1.29, 1.82) is 0 Å². The summed E-state index contributed by atoms with van der Waals surface area (Å²) < 4.78 is 0. The summed E-state index contributed by atoms with van der Waals surface area (Å²) in [6.45, 7) is 4.34. The largest absolute Gasteiger partial charge is 0.352 e. The van der Waals surface area contributed by atoms with Crippen LogP contribution >= 0.6 is 0 Å². The Labute approximate surface area is 78.2 Å². The molecule has 1 amide bonds. The van der Waals surface area contributed by atoms with Crippen molar-refractivity contribution in [2.75, 3.05) is 0 Å². The molecule has 3 heteroatoms. The molecule has 1 heterocycles. The molecular formula is C10H14N2O. The fourth-order valence-corrected chi connectivity index (χ4v) is 0.894. The second kappa shape index (κ2) is 4.60. The number of nitrogens with zero attached hydrogens (tertiary/aromatic N) is 1. The first-order chi connectivity index (χ1) is 6.20. The van der Waals surface area contributed by atoms with Crippen LogP contribution in [0, 0.1) is 5.92 Å². The van der Waals surface area contributed by atoms with Crippen LogP contribution < -0.4 is 5.32 Å². The molecule has 0 aliphatic carbocycles. The number of nitrogens with one attached hydrogen (secondary N) is 1. The van der Waals surface area contributed by atoms with Crippen molar-refractivity contribution in [2.45, 2.75) is 20.4 Å². The molecule has 0 atom stereocenters. The average Bonchev–Trinajstić information content (AvgIpc) is 2.15. The molecule has 0 saturated carbocycles. The fraction of sp³-hybridized carbons (Fsp3) is 0.400. The van der Waals surface area contributed by atoms with Gasteiger partial charge in [0.25, 0.3) is 0 Å². The molecule has 0 aromatic carbocycles. The third kappa shape index (κ3) is 3.23. The third-order valence-corrected chi connectivity index (χ3v) is 1.74.